The highest BCUT2D eigenvalue weighted by Gasteiger charge is 2.14. The highest BCUT2D eigenvalue weighted by molar-refractivity contribution is 5.88. The predicted octanol–water partition coefficient (Wildman–Crippen LogP) is 2.42. The molecule has 0 atom stereocenters. The van der Waals surface area contributed by atoms with Crippen molar-refractivity contribution >= 4 is 17.0 Å². The van der Waals surface area contributed by atoms with E-state index in [4.69, 9.17) is 4.42 Å². The van der Waals surface area contributed by atoms with Crippen molar-refractivity contribution in [1.82, 2.24) is 4.57 Å². The van der Waals surface area contributed by atoms with E-state index in [0.29, 0.717) is 17.5 Å². The molecule has 1 heterocycles. The Labute approximate surface area is 92.5 Å². The molecular formula is C12H13NO3. The zero-order valence-electron chi connectivity index (χ0n) is 9.10. The van der Waals surface area contributed by atoms with E-state index < -0.39 is 5.76 Å². The first kappa shape index (κ1) is 10.7. The molecule has 2 aromatic rings. The van der Waals surface area contributed by atoms with Gasteiger partial charge in [-0.1, -0.05) is 25.5 Å². The summed E-state index contributed by atoms with van der Waals surface area (Å²) in [7, 11) is 0. The van der Waals surface area contributed by atoms with E-state index in [0.717, 1.165) is 17.4 Å². The molecule has 2 rings (SSSR count). The number of para-hydroxylation sites is 2. The first-order valence-electron chi connectivity index (χ1n) is 5.38. The Balaban J connectivity index is 2.47. The van der Waals surface area contributed by atoms with Crippen LogP contribution in [0.4, 0.5) is 0 Å². The monoisotopic (exact) mass is 219 g/mol. The van der Waals surface area contributed by atoms with Crippen molar-refractivity contribution in [2.45, 2.75) is 26.2 Å². The molecule has 0 radical (unpaired) electrons. The Morgan fingerprint density at radius 2 is 2.12 bits per heavy atom. The van der Waals surface area contributed by atoms with Crippen LogP contribution in [-0.4, -0.2) is 10.5 Å². The summed E-state index contributed by atoms with van der Waals surface area (Å²) in [6.07, 6.45) is 2.08. The fourth-order valence-electron chi connectivity index (χ4n) is 1.64. The number of oxazole rings is 1. The molecule has 1 aromatic carbocycles. The molecule has 0 amide bonds. The normalized spacial score (nSPS) is 10.8. The van der Waals surface area contributed by atoms with Crippen LogP contribution in [0.25, 0.3) is 11.1 Å². The summed E-state index contributed by atoms with van der Waals surface area (Å²) in [6.45, 7) is 2.00. The zero-order chi connectivity index (χ0) is 11.5. The molecule has 4 heteroatoms. The highest BCUT2D eigenvalue weighted by atomic mass is 16.4. The molecule has 0 spiro atoms. The zero-order valence-corrected chi connectivity index (χ0v) is 9.10. The smallest absolute Gasteiger partial charge is 0.407 e. The van der Waals surface area contributed by atoms with Crippen LogP contribution < -0.4 is 5.76 Å². The maximum Gasteiger partial charge on any atom is 0.426 e. The molecular weight excluding hydrogens is 206 g/mol. The molecule has 0 aliphatic rings. The van der Waals surface area contributed by atoms with Crippen LogP contribution in [0, 0.1) is 0 Å². The van der Waals surface area contributed by atoms with Gasteiger partial charge in [0, 0.05) is 6.42 Å². The number of hydrogen-bond acceptors (Lipinski definition) is 3. The Kier molecular flexibility index (Phi) is 2.90. The Morgan fingerprint density at radius 3 is 2.88 bits per heavy atom. The summed E-state index contributed by atoms with van der Waals surface area (Å²) in [5, 5.41) is 0. The minimum atomic E-state index is -0.595. The van der Waals surface area contributed by atoms with Crippen molar-refractivity contribution < 1.29 is 9.21 Å². The first-order valence-corrected chi connectivity index (χ1v) is 5.38. The van der Waals surface area contributed by atoms with Crippen molar-refractivity contribution in [1.29, 1.82) is 0 Å². The van der Waals surface area contributed by atoms with Crippen LogP contribution in [0.2, 0.25) is 0 Å². The van der Waals surface area contributed by atoms with Gasteiger partial charge in [-0.05, 0) is 18.6 Å². The number of rotatable bonds is 3. The van der Waals surface area contributed by atoms with Crippen LogP contribution in [0.15, 0.2) is 33.5 Å². The van der Waals surface area contributed by atoms with Gasteiger partial charge in [0.05, 0.1) is 5.52 Å². The minimum Gasteiger partial charge on any atom is -0.407 e. The maximum atomic E-state index is 11.8. The van der Waals surface area contributed by atoms with Gasteiger partial charge in [-0.2, -0.15) is 0 Å². The molecule has 0 saturated carbocycles. The number of hydrogen-bond donors (Lipinski definition) is 0. The summed E-state index contributed by atoms with van der Waals surface area (Å²) in [4.78, 5) is 23.3. The maximum absolute atomic E-state index is 11.8. The van der Waals surface area contributed by atoms with Crippen molar-refractivity contribution in [2.75, 3.05) is 0 Å². The molecule has 0 fully saturated rings. The third kappa shape index (κ3) is 1.78. The topological polar surface area (TPSA) is 52.2 Å². The van der Waals surface area contributed by atoms with E-state index in [1.54, 1.807) is 24.3 Å². The largest absolute Gasteiger partial charge is 0.426 e. The summed E-state index contributed by atoms with van der Waals surface area (Å²) in [5.41, 5.74) is 1.01. The quantitative estimate of drug-likeness (QED) is 0.796. The number of benzene rings is 1. The summed E-state index contributed by atoms with van der Waals surface area (Å²) in [6, 6.07) is 6.94. The van der Waals surface area contributed by atoms with Crippen LogP contribution in [-0.2, 0) is 0 Å². The van der Waals surface area contributed by atoms with Gasteiger partial charge in [-0.15, -0.1) is 0 Å². The third-order valence-corrected chi connectivity index (χ3v) is 2.48. The minimum absolute atomic E-state index is 0.197. The molecule has 1 aromatic heterocycles. The highest BCUT2D eigenvalue weighted by Crippen LogP contribution is 2.12. The number of fused-ring (bicyclic) bond motifs is 1. The number of carbonyl (C=O) groups is 1. The molecule has 4 nitrogen and oxygen atoms in total. The van der Waals surface area contributed by atoms with Gasteiger partial charge >= 0.3 is 5.76 Å². The lowest BCUT2D eigenvalue weighted by atomic mass is 10.2. The molecule has 0 aliphatic carbocycles. The molecule has 16 heavy (non-hydrogen) atoms. The van der Waals surface area contributed by atoms with Crippen LogP contribution in [0.3, 0.4) is 0 Å². The second-order valence-electron chi connectivity index (χ2n) is 3.67. The fraction of sp³-hybridized carbons (Fsp3) is 0.333. The lowest BCUT2D eigenvalue weighted by Gasteiger charge is -1.99. The molecule has 0 saturated heterocycles. The second kappa shape index (κ2) is 4.35. The molecule has 0 bridgehead atoms. The predicted molar refractivity (Wildman–Crippen MR) is 60.6 cm³/mol. The molecule has 0 unspecified atom stereocenters. The van der Waals surface area contributed by atoms with Gasteiger partial charge < -0.3 is 4.42 Å². The van der Waals surface area contributed by atoms with Gasteiger partial charge in [0.1, 0.15) is 0 Å². The Morgan fingerprint density at radius 1 is 1.38 bits per heavy atom. The van der Waals surface area contributed by atoms with Gasteiger partial charge in [0.2, 0.25) is 5.91 Å². The second-order valence-corrected chi connectivity index (χ2v) is 3.67. The van der Waals surface area contributed by atoms with Gasteiger partial charge in [0.25, 0.3) is 0 Å². The van der Waals surface area contributed by atoms with Crippen molar-refractivity contribution in [3.63, 3.8) is 0 Å². The van der Waals surface area contributed by atoms with Gasteiger partial charge in [-0.25, -0.2) is 9.36 Å². The van der Waals surface area contributed by atoms with Crippen molar-refractivity contribution in [2.24, 2.45) is 0 Å². The van der Waals surface area contributed by atoms with E-state index in [1.165, 1.54) is 0 Å². The first-order chi connectivity index (χ1) is 7.74. The van der Waals surface area contributed by atoms with Gasteiger partial charge in [0.15, 0.2) is 5.58 Å². The van der Waals surface area contributed by atoms with Crippen molar-refractivity contribution in [3.05, 3.63) is 34.8 Å². The average Bonchev–Trinajstić information content (AvgIpc) is 2.62. The fourth-order valence-corrected chi connectivity index (χ4v) is 1.64. The van der Waals surface area contributed by atoms with Crippen LogP contribution in [0.1, 0.15) is 31.0 Å². The summed E-state index contributed by atoms with van der Waals surface area (Å²) in [5.74, 6) is -0.792. The van der Waals surface area contributed by atoms with Crippen LogP contribution >= 0.6 is 0 Å². The van der Waals surface area contributed by atoms with E-state index in [2.05, 4.69) is 0 Å². The van der Waals surface area contributed by atoms with Crippen molar-refractivity contribution in [3.8, 4) is 0 Å². The summed E-state index contributed by atoms with van der Waals surface area (Å²) >= 11 is 0. The van der Waals surface area contributed by atoms with Gasteiger partial charge in [-0.3, -0.25) is 4.79 Å². The van der Waals surface area contributed by atoms with E-state index in [-0.39, 0.29) is 5.91 Å². The van der Waals surface area contributed by atoms with E-state index in [1.807, 2.05) is 6.92 Å². The SMILES string of the molecule is CCCCC(=O)n1c(=O)oc2ccccc21. The number of aromatic nitrogens is 1. The molecule has 84 valence electrons. The average molecular weight is 219 g/mol. The molecule has 0 N–H and O–H groups in total. The van der Waals surface area contributed by atoms with Crippen LogP contribution in [0.5, 0.6) is 0 Å². The number of carbonyl (C=O) groups excluding carboxylic acids is 1. The summed E-state index contributed by atoms with van der Waals surface area (Å²) < 4.78 is 6.10. The number of nitrogens with zero attached hydrogens (tertiary/aromatic N) is 1. The lowest BCUT2D eigenvalue weighted by molar-refractivity contribution is 0.0896. The third-order valence-electron chi connectivity index (χ3n) is 2.48. The standard InChI is InChI=1S/C12H13NO3/c1-2-3-8-11(14)13-9-6-4-5-7-10(9)16-12(13)15/h4-7H,2-3,8H2,1H3. The van der Waals surface area contributed by atoms with E-state index >= 15 is 0 Å². The van der Waals surface area contributed by atoms with E-state index in [9.17, 15) is 9.59 Å². The Hall–Kier alpha value is -1.84. The number of unbranched alkanes of at least 4 members (excludes halogenated alkanes) is 1. The Bertz CT molecular complexity index is 565. The molecule has 0 aliphatic heterocycles. The lowest BCUT2D eigenvalue weighted by Crippen LogP contribution is -2.22.